The first-order valence-corrected chi connectivity index (χ1v) is 5.37. The summed E-state index contributed by atoms with van der Waals surface area (Å²) < 4.78 is 0. The Morgan fingerprint density at radius 3 is 2.71 bits per heavy atom. The summed E-state index contributed by atoms with van der Waals surface area (Å²) >= 11 is 0. The van der Waals surface area contributed by atoms with Crippen LogP contribution < -0.4 is 16.0 Å². The Hall–Kier alpha value is -1.85. The fraction of sp³-hybridized carbons (Fsp3) is 0.545. The predicted octanol–water partition coefficient (Wildman–Crippen LogP) is 0.466. The van der Waals surface area contributed by atoms with Crippen molar-refractivity contribution in [3.8, 4) is 0 Å². The van der Waals surface area contributed by atoms with Gasteiger partial charge in [0.05, 0.1) is 5.41 Å². The molecule has 0 aliphatic rings. The normalized spacial score (nSPS) is 11.1. The Morgan fingerprint density at radius 1 is 1.53 bits per heavy atom. The number of nitrogens with zero attached hydrogens (tertiary/aromatic N) is 3. The van der Waals surface area contributed by atoms with E-state index in [1.54, 1.807) is 26.1 Å². The van der Waals surface area contributed by atoms with Crippen LogP contribution in [-0.2, 0) is 4.79 Å². The highest BCUT2D eigenvalue weighted by Crippen LogP contribution is 2.15. The van der Waals surface area contributed by atoms with Crippen LogP contribution in [0.4, 0.5) is 11.8 Å². The van der Waals surface area contributed by atoms with Gasteiger partial charge in [-0.2, -0.15) is 4.98 Å². The summed E-state index contributed by atoms with van der Waals surface area (Å²) in [6.07, 6.45) is 1.67. The summed E-state index contributed by atoms with van der Waals surface area (Å²) in [5.74, 6) is 0.955. The SMILES string of the molecule is CN(C)c1nccc(NCC(C)(C)C(N)=O)n1. The molecule has 0 bridgehead atoms. The van der Waals surface area contributed by atoms with E-state index >= 15 is 0 Å². The minimum atomic E-state index is -0.608. The Bertz CT molecular complexity index is 403. The highest BCUT2D eigenvalue weighted by atomic mass is 16.1. The molecule has 6 nitrogen and oxygen atoms in total. The minimum absolute atomic E-state index is 0.341. The van der Waals surface area contributed by atoms with Crippen molar-refractivity contribution in [3.63, 3.8) is 0 Å². The molecule has 0 radical (unpaired) electrons. The van der Waals surface area contributed by atoms with Crippen molar-refractivity contribution in [2.45, 2.75) is 13.8 Å². The molecule has 1 aromatic rings. The highest BCUT2D eigenvalue weighted by Gasteiger charge is 2.24. The molecule has 0 spiro atoms. The number of primary amides is 1. The Morgan fingerprint density at radius 2 is 2.18 bits per heavy atom. The molecule has 0 unspecified atom stereocenters. The maximum Gasteiger partial charge on any atom is 0.226 e. The molecule has 0 aliphatic heterocycles. The summed E-state index contributed by atoms with van der Waals surface area (Å²) in [6, 6.07) is 1.75. The fourth-order valence-electron chi connectivity index (χ4n) is 1.06. The van der Waals surface area contributed by atoms with Crippen LogP contribution in [0.15, 0.2) is 12.3 Å². The number of amides is 1. The van der Waals surface area contributed by atoms with Gasteiger partial charge in [-0.25, -0.2) is 4.98 Å². The molecular weight excluding hydrogens is 218 g/mol. The molecule has 0 fully saturated rings. The second kappa shape index (κ2) is 4.99. The summed E-state index contributed by atoms with van der Waals surface area (Å²) in [7, 11) is 3.74. The van der Waals surface area contributed by atoms with Crippen molar-refractivity contribution in [2.24, 2.45) is 11.1 Å². The third-order valence-electron chi connectivity index (χ3n) is 2.42. The first-order chi connectivity index (χ1) is 7.83. The third kappa shape index (κ3) is 3.58. The number of hydrogen-bond acceptors (Lipinski definition) is 5. The molecule has 0 atom stereocenters. The van der Waals surface area contributed by atoms with Gasteiger partial charge in [0, 0.05) is 26.8 Å². The van der Waals surface area contributed by atoms with Gasteiger partial charge in [-0.1, -0.05) is 0 Å². The number of aromatic nitrogens is 2. The van der Waals surface area contributed by atoms with E-state index in [0.29, 0.717) is 18.3 Å². The largest absolute Gasteiger partial charge is 0.369 e. The third-order valence-corrected chi connectivity index (χ3v) is 2.42. The Balaban J connectivity index is 2.70. The summed E-state index contributed by atoms with van der Waals surface area (Å²) in [5.41, 5.74) is 4.68. The average Bonchev–Trinajstić information content (AvgIpc) is 2.26. The van der Waals surface area contributed by atoms with E-state index in [1.165, 1.54) is 0 Å². The van der Waals surface area contributed by atoms with Gasteiger partial charge in [0.2, 0.25) is 11.9 Å². The van der Waals surface area contributed by atoms with Gasteiger partial charge in [0.15, 0.2) is 0 Å². The molecular formula is C11H19N5O. The topological polar surface area (TPSA) is 84.1 Å². The minimum Gasteiger partial charge on any atom is -0.369 e. The number of carbonyl (C=O) groups is 1. The standard InChI is InChI=1S/C11H19N5O/c1-11(2,9(12)17)7-14-8-5-6-13-10(15-8)16(3)4/h5-6H,7H2,1-4H3,(H2,12,17)(H,13,14,15). The maximum atomic E-state index is 11.2. The van der Waals surface area contributed by atoms with Crippen LogP contribution in [0.1, 0.15) is 13.8 Å². The molecule has 6 heteroatoms. The zero-order valence-corrected chi connectivity index (χ0v) is 10.7. The van der Waals surface area contributed by atoms with Crippen LogP contribution in [0.5, 0.6) is 0 Å². The molecule has 0 aromatic carbocycles. The van der Waals surface area contributed by atoms with Crippen LogP contribution >= 0.6 is 0 Å². The lowest BCUT2D eigenvalue weighted by atomic mass is 9.93. The van der Waals surface area contributed by atoms with E-state index in [1.807, 2.05) is 19.0 Å². The monoisotopic (exact) mass is 237 g/mol. The number of hydrogen-bond donors (Lipinski definition) is 2. The predicted molar refractivity (Wildman–Crippen MR) is 67.8 cm³/mol. The quantitative estimate of drug-likeness (QED) is 0.777. The van der Waals surface area contributed by atoms with E-state index in [2.05, 4.69) is 15.3 Å². The lowest BCUT2D eigenvalue weighted by molar-refractivity contribution is -0.125. The number of anilines is 2. The van der Waals surface area contributed by atoms with Crippen LogP contribution in [0.2, 0.25) is 0 Å². The van der Waals surface area contributed by atoms with Gasteiger partial charge in [-0.05, 0) is 19.9 Å². The van der Waals surface area contributed by atoms with Gasteiger partial charge in [0.25, 0.3) is 0 Å². The average molecular weight is 237 g/mol. The molecule has 1 aromatic heterocycles. The van der Waals surface area contributed by atoms with Crippen molar-refractivity contribution < 1.29 is 4.79 Å². The van der Waals surface area contributed by atoms with Crippen LogP contribution in [0, 0.1) is 5.41 Å². The molecule has 1 heterocycles. The smallest absolute Gasteiger partial charge is 0.226 e. The van der Waals surface area contributed by atoms with E-state index in [9.17, 15) is 4.79 Å². The summed E-state index contributed by atoms with van der Waals surface area (Å²) in [4.78, 5) is 21.4. The van der Waals surface area contributed by atoms with Crippen molar-refractivity contribution in [3.05, 3.63) is 12.3 Å². The summed E-state index contributed by atoms with van der Waals surface area (Å²) in [6.45, 7) is 4.01. The van der Waals surface area contributed by atoms with Gasteiger partial charge >= 0.3 is 0 Å². The number of nitrogens with two attached hydrogens (primary N) is 1. The molecule has 0 saturated heterocycles. The number of rotatable bonds is 5. The number of nitrogens with one attached hydrogen (secondary N) is 1. The van der Waals surface area contributed by atoms with Crippen molar-refractivity contribution >= 4 is 17.7 Å². The highest BCUT2D eigenvalue weighted by molar-refractivity contribution is 5.80. The first kappa shape index (κ1) is 13.2. The lowest BCUT2D eigenvalue weighted by Crippen LogP contribution is -2.37. The summed E-state index contributed by atoms with van der Waals surface area (Å²) in [5, 5.41) is 3.08. The van der Waals surface area contributed by atoms with E-state index in [-0.39, 0.29) is 5.91 Å². The van der Waals surface area contributed by atoms with Crippen molar-refractivity contribution in [2.75, 3.05) is 30.9 Å². The van der Waals surface area contributed by atoms with E-state index in [4.69, 9.17) is 5.73 Å². The number of carbonyl (C=O) groups excluding carboxylic acids is 1. The molecule has 0 aliphatic carbocycles. The molecule has 3 N–H and O–H groups in total. The van der Waals surface area contributed by atoms with E-state index < -0.39 is 5.41 Å². The van der Waals surface area contributed by atoms with Crippen LogP contribution in [0.25, 0.3) is 0 Å². The van der Waals surface area contributed by atoms with Crippen molar-refractivity contribution in [1.82, 2.24) is 9.97 Å². The Labute approximate surface area is 101 Å². The zero-order valence-electron chi connectivity index (χ0n) is 10.7. The maximum absolute atomic E-state index is 11.2. The molecule has 17 heavy (non-hydrogen) atoms. The second-order valence-corrected chi connectivity index (χ2v) is 4.74. The molecule has 0 saturated carbocycles. The van der Waals surface area contributed by atoms with Gasteiger partial charge in [-0.3, -0.25) is 4.79 Å². The van der Waals surface area contributed by atoms with Crippen molar-refractivity contribution in [1.29, 1.82) is 0 Å². The molecule has 1 rings (SSSR count). The lowest BCUT2D eigenvalue weighted by Gasteiger charge is -2.21. The van der Waals surface area contributed by atoms with E-state index in [0.717, 1.165) is 0 Å². The Kier molecular flexibility index (Phi) is 3.88. The zero-order chi connectivity index (χ0) is 13.1. The van der Waals surface area contributed by atoms with Gasteiger partial charge < -0.3 is 16.0 Å². The van der Waals surface area contributed by atoms with Crippen LogP contribution in [-0.4, -0.2) is 36.5 Å². The fourth-order valence-corrected chi connectivity index (χ4v) is 1.06. The molecule has 1 amide bonds. The first-order valence-electron chi connectivity index (χ1n) is 5.37. The van der Waals surface area contributed by atoms with Gasteiger partial charge in [-0.15, -0.1) is 0 Å². The molecule has 94 valence electrons. The van der Waals surface area contributed by atoms with Gasteiger partial charge in [0.1, 0.15) is 5.82 Å². The second-order valence-electron chi connectivity index (χ2n) is 4.74. The van der Waals surface area contributed by atoms with Crippen LogP contribution in [0.3, 0.4) is 0 Å².